The van der Waals surface area contributed by atoms with E-state index in [4.69, 9.17) is 11.6 Å². The van der Waals surface area contributed by atoms with E-state index >= 15 is 0 Å². The molecule has 1 aliphatic heterocycles. The lowest BCUT2D eigenvalue weighted by molar-refractivity contribution is 0.0612. The molecule has 106 valence electrons. The maximum atomic E-state index is 12.2. The summed E-state index contributed by atoms with van der Waals surface area (Å²) in [7, 11) is 1.71. The Balaban J connectivity index is 2.07. The second kappa shape index (κ2) is 5.73. The average molecular weight is 304 g/mol. The Morgan fingerprint density at radius 2 is 2.42 bits per heavy atom. The number of aliphatic hydroxyl groups is 1. The number of aromatic nitrogens is 2. The molecule has 1 fully saturated rings. The van der Waals surface area contributed by atoms with E-state index < -0.39 is 5.60 Å². The third-order valence-electron chi connectivity index (χ3n) is 3.27. The van der Waals surface area contributed by atoms with E-state index in [-0.39, 0.29) is 12.5 Å². The number of halogens is 1. The fourth-order valence-corrected chi connectivity index (χ4v) is 3.62. The van der Waals surface area contributed by atoms with Crippen molar-refractivity contribution in [2.24, 2.45) is 7.05 Å². The van der Waals surface area contributed by atoms with Gasteiger partial charge in [-0.1, -0.05) is 18.5 Å². The zero-order valence-electron chi connectivity index (χ0n) is 11.1. The molecule has 7 heteroatoms. The zero-order valence-corrected chi connectivity index (χ0v) is 12.6. The molecule has 1 amide bonds. The number of nitrogens with one attached hydrogen (secondary N) is 1. The summed E-state index contributed by atoms with van der Waals surface area (Å²) in [6.07, 6.45) is 1.35. The highest BCUT2D eigenvalue weighted by atomic mass is 35.5. The Morgan fingerprint density at radius 1 is 1.68 bits per heavy atom. The predicted octanol–water partition coefficient (Wildman–Crippen LogP) is 1.23. The van der Waals surface area contributed by atoms with E-state index in [9.17, 15) is 9.90 Å². The summed E-state index contributed by atoms with van der Waals surface area (Å²) in [4.78, 5) is 12.2. The first-order valence-electron chi connectivity index (χ1n) is 6.26. The minimum absolute atomic E-state index is 0.257. The first-order chi connectivity index (χ1) is 8.97. The van der Waals surface area contributed by atoms with Crippen LogP contribution in [0.1, 0.15) is 29.4 Å². The molecule has 2 rings (SSSR count). The number of thioether (sulfide) groups is 1. The zero-order chi connectivity index (χ0) is 14.0. The van der Waals surface area contributed by atoms with Crippen LogP contribution in [0.2, 0.25) is 5.15 Å². The second-order valence-corrected chi connectivity index (χ2v) is 6.26. The summed E-state index contributed by atoms with van der Waals surface area (Å²) in [5.41, 5.74) is 0.306. The monoisotopic (exact) mass is 303 g/mol. The van der Waals surface area contributed by atoms with Crippen LogP contribution in [-0.2, 0) is 13.5 Å². The number of carbonyl (C=O) groups is 1. The molecular weight excluding hydrogens is 286 g/mol. The molecule has 0 aromatic carbocycles. The number of rotatable bonds is 4. The van der Waals surface area contributed by atoms with E-state index in [0.717, 1.165) is 5.75 Å². The topological polar surface area (TPSA) is 67.2 Å². The summed E-state index contributed by atoms with van der Waals surface area (Å²) in [6.45, 7) is 2.18. The minimum atomic E-state index is -0.790. The molecule has 1 unspecified atom stereocenters. The molecule has 1 aromatic rings. The van der Waals surface area contributed by atoms with E-state index in [1.165, 1.54) is 4.68 Å². The van der Waals surface area contributed by atoms with Crippen LogP contribution in [0.15, 0.2) is 0 Å². The van der Waals surface area contributed by atoms with Crippen LogP contribution < -0.4 is 5.32 Å². The van der Waals surface area contributed by atoms with E-state index in [1.807, 2.05) is 6.92 Å². The summed E-state index contributed by atoms with van der Waals surface area (Å²) in [5.74, 6) is 1.33. The lowest BCUT2D eigenvalue weighted by atomic mass is 10.0. The Bertz CT molecular complexity index is 484. The molecule has 0 saturated carbocycles. The van der Waals surface area contributed by atoms with Crippen molar-refractivity contribution < 1.29 is 9.90 Å². The smallest absolute Gasteiger partial charge is 0.256 e. The van der Waals surface area contributed by atoms with Crippen molar-refractivity contribution in [1.29, 1.82) is 0 Å². The Hall–Kier alpha value is -0.720. The van der Waals surface area contributed by atoms with E-state index in [2.05, 4.69) is 10.4 Å². The predicted molar refractivity (Wildman–Crippen MR) is 76.8 cm³/mol. The van der Waals surface area contributed by atoms with Gasteiger partial charge in [0.25, 0.3) is 5.91 Å². The van der Waals surface area contributed by atoms with Crippen LogP contribution in [0, 0.1) is 0 Å². The molecule has 1 aliphatic rings. The van der Waals surface area contributed by atoms with Gasteiger partial charge >= 0.3 is 0 Å². The second-order valence-electron chi connectivity index (χ2n) is 4.80. The lowest BCUT2D eigenvalue weighted by Crippen LogP contribution is -2.43. The summed E-state index contributed by atoms with van der Waals surface area (Å²) in [6, 6.07) is 0. The van der Waals surface area contributed by atoms with Gasteiger partial charge in [-0.05, 0) is 18.6 Å². The molecule has 0 bridgehead atoms. The molecule has 19 heavy (non-hydrogen) atoms. The van der Waals surface area contributed by atoms with Crippen molar-refractivity contribution in [3.63, 3.8) is 0 Å². The first-order valence-corrected chi connectivity index (χ1v) is 7.80. The van der Waals surface area contributed by atoms with Gasteiger partial charge in [0.1, 0.15) is 5.15 Å². The van der Waals surface area contributed by atoms with Crippen molar-refractivity contribution in [3.05, 3.63) is 16.4 Å². The molecule has 5 nitrogen and oxygen atoms in total. The van der Waals surface area contributed by atoms with Gasteiger partial charge in [0.05, 0.1) is 16.9 Å². The molecule has 1 aromatic heterocycles. The molecule has 2 N–H and O–H groups in total. The Morgan fingerprint density at radius 3 is 3.00 bits per heavy atom. The maximum Gasteiger partial charge on any atom is 0.256 e. The quantitative estimate of drug-likeness (QED) is 0.878. The van der Waals surface area contributed by atoms with Crippen molar-refractivity contribution in [3.8, 4) is 0 Å². The maximum absolute atomic E-state index is 12.2. The van der Waals surface area contributed by atoms with Gasteiger partial charge in [-0.2, -0.15) is 16.9 Å². The van der Waals surface area contributed by atoms with Crippen LogP contribution >= 0.6 is 23.4 Å². The number of aryl methyl sites for hydroxylation is 2. The van der Waals surface area contributed by atoms with Gasteiger partial charge in [-0.15, -0.1) is 0 Å². The first kappa shape index (κ1) is 14.7. The largest absolute Gasteiger partial charge is 0.387 e. The molecule has 2 heterocycles. The molecule has 1 saturated heterocycles. The highest BCUT2D eigenvalue weighted by Crippen LogP contribution is 2.27. The van der Waals surface area contributed by atoms with Crippen molar-refractivity contribution in [2.75, 3.05) is 18.1 Å². The summed E-state index contributed by atoms with van der Waals surface area (Å²) in [5, 5.41) is 17.5. The van der Waals surface area contributed by atoms with Gasteiger partial charge < -0.3 is 10.4 Å². The van der Waals surface area contributed by atoms with Crippen LogP contribution in [0.3, 0.4) is 0 Å². The SMILES string of the molecule is CCc1nn(C)c(Cl)c1C(=O)NCC1(O)CCSC1. The Kier molecular flexibility index (Phi) is 4.43. The number of amides is 1. The molecular formula is C12H18ClN3O2S. The Labute approximate surface area is 121 Å². The number of hydrogen-bond donors (Lipinski definition) is 2. The van der Waals surface area contributed by atoms with Gasteiger partial charge in [-0.3, -0.25) is 9.48 Å². The van der Waals surface area contributed by atoms with Gasteiger partial charge in [0.2, 0.25) is 0 Å². The summed E-state index contributed by atoms with van der Waals surface area (Å²) >= 11 is 7.79. The highest BCUT2D eigenvalue weighted by Gasteiger charge is 2.32. The van der Waals surface area contributed by atoms with Gasteiger partial charge in [0.15, 0.2) is 0 Å². The van der Waals surface area contributed by atoms with Crippen molar-refractivity contribution >= 4 is 29.3 Å². The average Bonchev–Trinajstić information content (AvgIpc) is 2.93. The fraction of sp³-hybridized carbons (Fsp3) is 0.667. The van der Waals surface area contributed by atoms with Crippen molar-refractivity contribution in [1.82, 2.24) is 15.1 Å². The van der Waals surface area contributed by atoms with E-state index in [1.54, 1.807) is 18.8 Å². The minimum Gasteiger partial charge on any atom is -0.387 e. The van der Waals surface area contributed by atoms with Crippen molar-refractivity contribution in [2.45, 2.75) is 25.4 Å². The van der Waals surface area contributed by atoms with Crippen LogP contribution in [0.4, 0.5) is 0 Å². The van der Waals surface area contributed by atoms with E-state index in [0.29, 0.717) is 35.0 Å². The number of hydrogen-bond acceptors (Lipinski definition) is 4. The van der Waals surface area contributed by atoms with Crippen LogP contribution in [-0.4, -0.2) is 44.4 Å². The van der Waals surface area contributed by atoms with Gasteiger partial charge in [0, 0.05) is 19.3 Å². The van der Waals surface area contributed by atoms with Gasteiger partial charge in [-0.25, -0.2) is 0 Å². The lowest BCUT2D eigenvalue weighted by Gasteiger charge is -2.21. The molecule has 1 atom stereocenters. The van der Waals surface area contributed by atoms with Crippen LogP contribution in [0.5, 0.6) is 0 Å². The third-order valence-corrected chi connectivity index (χ3v) is 4.94. The fourth-order valence-electron chi connectivity index (χ4n) is 2.10. The summed E-state index contributed by atoms with van der Waals surface area (Å²) < 4.78 is 1.50. The molecule has 0 aliphatic carbocycles. The highest BCUT2D eigenvalue weighted by molar-refractivity contribution is 7.99. The third kappa shape index (κ3) is 3.07. The molecule has 0 radical (unpaired) electrons. The standard InChI is InChI=1S/C12H18ClN3O2S/c1-3-8-9(10(13)16(2)15-8)11(17)14-6-12(18)4-5-19-7-12/h18H,3-7H2,1-2H3,(H,14,17). The van der Waals surface area contributed by atoms with Crippen LogP contribution in [0.25, 0.3) is 0 Å². The normalized spacial score (nSPS) is 22.7. The molecule has 0 spiro atoms. The number of nitrogens with zero attached hydrogens (tertiary/aromatic N) is 2. The number of carbonyl (C=O) groups excluding carboxylic acids is 1.